The Morgan fingerprint density at radius 3 is 3.00 bits per heavy atom. The van der Waals surface area contributed by atoms with E-state index >= 15 is 0 Å². The quantitative estimate of drug-likeness (QED) is 0.668. The van der Waals surface area contributed by atoms with Crippen molar-refractivity contribution in [2.75, 3.05) is 31.5 Å². The molecule has 3 aliphatic rings. The Morgan fingerprint density at radius 2 is 2.23 bits per heavy atom. The topological polar surface area (TPSA) is 76.7 Å². The molecule has 2 fully saturated rings. The van der Waals surface area contributed by atoms with Crippen molar-refractivity contribution in [3.8, 4) is 5.75 Å². The zero-order valence-corrected chi connectivity index (χ0v) is 18.1. The van der Waals surface area contributed by atoms with Crippen LogP contribution in [0.15, 0.2) is 35.2 Å². The van der Waals surface area contributed by atoms with E-state index in [1.807, 2.05) is 6.07 Å². The number of esters is 1. The second-order valence-corrected chi connectivity index (χ2v) is 9.68. The highest BCUT2D eigenvalue weighted by atomic mass is 32.2. The van der Waals surface area contributed by atoms with Crippen LogP contribution in [-0.2, 0) is 22.1 Å². The van der Waals surface area contributed by atoms with Gasteiger partial charge in [0.1, 0.15) is 17.1 Å². The van der Waals surface area contributed by atoms with Gasteiger partial charge in [-0.05, 0) is 79.6 Å². The van der Waals surface area contributed by atoms with Crippen molar-refractivity contribution in [1.29, 1.82) is 0 Å². The monoisotopic (exact) mass is 444 g/mol. The molecule has 164 valence electrons. The third-order valence-corrected chi connectivity index (χ3v) is 7.64. The SMILES string of the molecule is COC(=O)c1c(NS(=O)c2ccc(F)cc2C[C@H]2CCNC2)ccc2c1OC[C@@H]1C[C@H]21. The summed E-state index contributed by atoms with van der Waals surface area (Å²) in [4.78, 5) is 13.1. The Balaban J connectivity index is 1.46. The number of carbonyl (C=O) groups is 1. The first-order valence-corrected chi connectivity index (χ1v) is 11.8. The molecule has 0 spiro atoms. The summed E-state index contributed by atoms with van der Waals surface area (Å²) in [6, 6.07) is 8.02. The molecule has 2 aromatic rings. The fourth-order valence-electron chi connectivity index (χ4n) is 4.68. The zero-order valence-electron chi connectivity index (χ0n) is 17.3. The van der Waals surface area contributed by atoms with E-state index in [0.29, 0.717) is 52.7 Å². The molecule has 31 heavy (non-hydrogen) atoms. The number of hydrogen-bond acceptors (Lipinski definition) is 5. The number of fused-ring (bicyclic) bond motifs is 3. The molecule has 6 nitrogen and oxygen atoms in total. The van der Waals surface area contributed by atoms with Gasteiger partial charge in [-0.15, -0.1) is 0 Å². The molecule has 5 rings (SSSR count). The van der Waals surface area contributed by atoms with Crippen molar-refractivity contribution in [3.05, 3.63) is 52.8 Å². The molecule has 8 heteroatoms. The summed E-state index contributed by atoms with van der Waals surface area (Å²) in [6.07, 6.45) is 2.71. The molecule has 0 radical (unpaired) electrons. The fourth-order valence-corrected chi connectivity index (χ4v) is 5.73. The van der Waals surface area contributed by atoms with Crippen molar-refractivity contribution in [3.63, 3.8) is 0 Å². The van der Waals surface area contributed by atoms with Crippen LogP contribution in [0.2, 0.25) is 0 Å². The second-order valence-electron chi connectivity index (χ2n) is 8.50. The van der Waals surface area contributed by atoms with Gasteiger partial charge < -0.3 is 19.5 Å². The fraction of sp³-hybridized carbons (Fsp3) is 0.435. The van der Waals surface area contributed by atoms with Gasteiger partial charge in [0.2, 0.25) is 0 Å². The number of ether oxygens (including phenoxy) is 2. The number of methoxy groups -OCH3 is 1. The first-order valence-electron chi connectivity index (χ1n) is 10.6. The lowest BCUT2D eigenvalue weighted by Crippen LogP contribution is -2.18. The van der Waals surface area contributed by atoms with Crippen LogP contribution < -0.4 is 14.8 Å². The third-order valence-electron chi connectivity index (χ3n) is 6.44. The Labute approximate surface area is 183 Å². The number of anilines is 1. The standard InChI is InChI=1S/C23H25FN2O4S/c1-29-23(27)21-19(4-3-17-18-10-15(18)12-30-22(17)21)26-31(28)20-5-2-16(24)9-14(20)8-13-6-7-25-11-13/h2-5,9,13,15,18,25-26H,6-8,10-12H2,1H3/t13-,15+,18+,31?/m1/s1. The highest BCUT2D eigenvalue weighted by molar-refractivity contribution is 7.86. The van der Waals surface area contributed by atoms with Gasteiger partial charge in [0.05, 0.1) is 24.3 Å². The minimum Gasteiger partial charge on any atom is -0.492 e. The molecule has 1 saturated carbocycles. The first-order chi connectivity index (χ1) is 15.0. The maximum absolute atomic E-state index is 13.9. The lowest BCUT2D eigenvalue weighted by atomic mass is 9.98. The zero-order chi connectivity index (χ0) is 21.5. The predicted molar refractivity (Wildman–Crippen MR) is 115 cm³/mol. The molecule has 2 aromatic carbocycles. The Hall–Kier alpha value is -2.45. The van der Waals surface area contributed by atoms with Crippen LogP contribution in [0.4, 0.5) is 10.1 Å². The van der Waals surface area contributed by atoms with Crippen LogP contribution in [0, 0.1) is 17.7 Å². The van der Waals surface area contributed by atoms with Gasteiger partial charge in [0, 0.05) is 5.92 Å². The Bertz CT molecular complexity index is 1050. The Morgan fingerprint density at radius 1 is 1.35 bits per heavy atom. The van der Waals surface area contributed by atoms with Crippen LogP contribution in [0.25, 0.3) is 0 Å². The van der Waals surface area contributed by atoms with Gasteiger partial charge >= 0.3 is 5.97 Å². The van der Waals surface area contributed by atoms with Crippen LogP contribution in [0.1, 0.15) is 40.2 Å². The van der Waals surface area contributed by atoms with Crippen molar-refractivity contribution in [2.24, 2.45) is 11.8 Å². The summed E-state index contributed by atoms with van der Waals surface area (Å²) in [7, 11) is -0.364. The van der Waals surface area contributed by atoms with E-state index in [4.69, 9.17) is 9.47 Å². The summed E-state index contributed by atoms with van der Waals surface area (Å²) in [5.74, 6) is 0.939. The number of hydrogen-bond donors (Lipinski definition) is 2. The number of benzene rings is 2. The van der Waals surface area contributed by atoms with Gasteiger partial charge in [-0.3, -0.25) is 0 Å². The lowest BCUT2D eigenvalue weighted by molar-refractivity contribution is 0.0596. The molecule has 1 saturated heterocycles. The second kappa shape index (κ2) is 8.24. The van der Waals surface area contributed by atoms with Crippen molar-refractivity contribution >= 4 is 22.6 Å². The van der Waals surface area contributed by atoms with Gasteiger partial charge in [-0.2, -0.15) is 0 Å². The van der Waals surface area contributed by atoms with Crippen molar-refractivity contribution < 1.29 is 22.9 Å². The van der Waals surface area contributed by atoms with E-state index < -0.39 is 17.0 Å². The molecular weight excluding hydrogens is 419 g/mol. The summed E-state index contributed by atoms with van der Waals surface area (Å²) < 4.78 is 41.1. The molecule has 1 unspecified atom stereocenters. The minimum atomic E-state index is -1.68. The van der Waals surface area contributed by atoms with Crippen LogP contribution in [0.5, 0.6) is 5.75 Å². The van der Waals surface area contributed by atoms with E-state index in [2.05, 4.69) is 10.0 Å². The van der Waals surface area contributed by atoms with E-state index in [1.165, 1.54) is 19.2 Å². The van der Waals surface area contributed by atoms with E-state index in [0.717, 1.165) is 31.5 Å². The van der Waals surface area contributed by atoms with Gasteiger partial charge in [0.15, 0.2) is 11.0 Å². The number of halogens is 1. The van der Waals surface area contributed by atoms with Gasteiger partial charge in [-0.25, -0.2) is 13.4 Å². The van der Waals surface area contributed by atoms with E-state index in [-0.39, 0.29) is 11.4 Å². The van der Waals surface area contributed by atoms with E-state index in [1.54, 1.807) is 12.1 Å². The highest BCUT2D eigenvalue weighted by Crippen LogP contribution is 2.55. The smallest absolute Gasteiger partial charge is 0.343 e. The van der Waals surface area contributed by atoms with Crippen LogP contribution in [0.3, 0.4) is 0 Å². The average Bonchev–Trinajstić information content (AvgIpc) is 3.40. The minimum absolute atomic E-state index is 0.266. The maximum atomic E-state index is 13.9. The van der Waals surface area contributed by atoms with Crippen molar-refractivity contribution in [1.82, 2.24) is 5.32 Å². The average molecular weight is 445 g/mol. The highest BCUT2D eigenvalue weighted by Gasteiger charge is 2.45. The van der Waals surface area contributed by atoms with Crippen molar-refractivity contribution in [2.45, 2.75) is 30.1 Å². The summed E-state index contributed by atoms with van der Waals surface area (Å²) in [5, 5.41) is 3.31. The maximum Gasteiger partial charge on any atom is 0.343 e. The van der Waals surface area contributed by atoms with Crippen LogP contribution >= 0.6 is 0 Å². The van der Waals surface area contributed by atoms with Crippen LogP contribution in [-0.4, -0.2) is 37.0 Å². The summed E-state index contributed by atoms with van der Waals surface area (Å²) in [5.41, 5.74) is 2.38. The summed E-state index contributed by atoms with van der Waals surface area (Å²) in [6.45, 7) is 2.38. The molecule has 0 amide bonds. The Kier molecular flexibility index (Phi) is 5.44. The molecule has 2 aliphatic heterocycles. The molecule has 0 bridgehead atoms. The van der Waals surface area contributed by atoms with Gasteiger partial charge in [-0.1, -0.05) is 6.07 Å². The molecule has 1 aliphatic carbocycles. The third kappa shape index (κ3) is 3.94. The lowest BCUT2D eigenvalue weighted by Gasteiger charge is -2.22. The van der Waals surface area contributed by atoms with Gasteiger partial charge in [0.25, 0.3) is 0 Å². The number of nitrogens with one attached hydrogen (secondary N) is 2. The number of carbonyl (C=O) groups excluding carboxylic acids is 1. The molecule has 0 aromatic heterocycles. The summed E-state index contributed by atoms with van der Waals surface area (Å²) >= 11 is 0. The molecule has 2 heterocycles. The predicted octanol–water partition coefficient (Wildman–Crippen LogP) is 3.39. The molecule has 2 N–H and O–H groups in total. The normalized spacial score (nSPS) is 24.5. The molecular formula is C23H25FN2O4S. The number of rotatable bonds is 6. The molecule has 4 atom stereocenters. The van der Waals surface area contributed by atoms with E-state index in [9.17, 15) is 13.4 Å². The largest absolute Gasteiger partial charge is 0.492 e. The first kappa shape index (κ1) is 20.5.